The summed E-state index contributed by atoms with van der Waals surface area (Å²) >= 11 is 0. The number of rotatable bonds is 2. The molecule has 1 aromatic carbocycles. The number of nitrogens with zero attached hydrogens (tertiary/aromatic N) is 4. The molecule has 0 bridgehead atoms. The fourth-order valence-corrected chi connectivity index (χ4v) is 4.32. The summed E-state index contributed by atoms with van der Waals surface area (Å²) in [7, 11) is 0. The van der Waals surface area contributed by atoms with E-state index in [1.165, 1.54) is 5.56 Å². The van der Waals surface area contributed by atoms with Crippen LogP contribution in [0.3, 0.4) is 0 Å². The molecule has 5 rings (SSSR count). The van der Waals surface area contributed by atoms with Gasteiger partial charge in [0.15, 0.2) is 0 Å². The van der Waals surface area contributed by atoms with Gasteiger partial charge in [-0.1, -0.05) is 18.2 Å². The van der Waals surface area contributed by atoms with Gasteiger partial charge in [0.2, 0.25) is 5.91 Å². The lowest BCUT2D eigenvalue weighted by molar-refractivity contribution is -0.138. The molecular formula is C21H24N4O3. The molecule has 0 unspecified atom stereocenters. The van der Waals surface area contributed by atoms with Crippen molar-refractivity contribution in [2.24, 2.45) is 5.92 Å². The summed E-state index contributed by atoms with van der Waals surface area (Å²) in [5.41, 5.74) is 3.26. The second kappa shape index (κ2) is 7.39. The molecule has 3 aliphatic heterocycles. The van der Waals surface area contributed by atoms with Crippen molar-refractivity contribution in [3.8, 4) is 5.75 Å². The van der Waals surface area contributed by atoms with E-state index in [1.807, 2.05) is 29.2 Å². The predicted molar refractivity (Wildman–Crippen MR) is 103 cm³/mol. The number of benzene rings is 1. The molecule has 7 heteroatoms. The van der Waals surface area contributed by atoms with Gasteiger partial charge in [-0.25, -0.2) is 9.97 Å². The minimum atomic E-state index is -0.128. The van der Waals surface area contributed by atoms with Crippen LogP contribution >= 0.6 is 0 Å². The molecule has 7 nitrogen and oxygen atoms in total. The molecule has 1 amide bonds. The second-order valence-corrected chi connectivity index (χ2v) is 7.55. The molecule has 3 aliphatic rings. The van der Waals surface area contributed by atoms with E-state index in [0.717, 1.165) is 62.0 Å². The van der Waals surface area contributed by atoms with E-state index >= 15 is 0 Å². The molecule has 1 aromatic heterocycles. The van der Waals surface area contributed by atoms with Crippen molar-refractivity contribution < 1.29 is 14.3 Å². The molecule has 28 heavy (non-hydrogen) atoms. The minimum absolute atomic E-state index is 0.128. The van der Waals surface area contributed by atoms with E-state index in [-0.39, 0.29) is 11.8 Å². The van der Waals surface area contributed by atoms with Crippen LogP contribution in [0.2, 0.25) is 0 Å². The van der Waals surface area contributed by atoms with Crippen LogP contribution in [0.5, 0.6) is 5.75 Å². The van der Waals surface area contributed by atoms with Gasteiger partial charge >= 0.3 is 0 Å². The van der Waals surface area contributed by atoms with Gasteiger partial charge in [0.1, 0.15) is 24.5 Å². The second-order valence-electron chi connectivity index (χ2n) is 7.55. The van der Waals surface area contributed by atoms with Gasteiger partial charge in [0, 0.05) is 25.2 Å². The fraction of sp³-hybridized carbons (Fsp3) is 0.476. The molecule has 4 heterocycles. The van der Waals surface area contributed by atoms with Crippen molar-refractivity contribution >= 4 is 11.7 Å². The summed E-state index contributed by atoms with van der Waals surface area (Å²) in [5.74, 6) is 1.94. The lowest BCUT2D eigenvalue weighted by Gasteiger charge is -2.35. The highest BCUT2D eigenvalue weighted by Crippen LogP contribution is 2.30. The van der Waals surface area contributed by atoms with Crippen molar-refractivity contribution in [3.05, 3.63) is 47.4 Å². The summed E-state index contributed by atoms with van der Waals surface area (Å²) in [6.07, 6.45) is 3.15. The van der Waals surface area contributed by atoms with Crippen LogP contribution in [0, 0.1) is 5.92 Å². The number of morpholine rings is 1. The van der Waals surface area contributed by atoms with Gasteiger partial charge in [-0.05, 0) is 24.5 Å². The molecule has 1 saturated heterocycles. The lowest BCUT2D eigenvalue weighted by atomic mass is 9.94. The van der Waals surface area contributed by atoms with Crippen LogP contribution < -0.4 is 9.64 Å². The van der Waals surface area contributed by atoms with E-state index < -0.39 is 0 Å². The maximum atomic E-state index is 13.1. The fourth-order valence-electron chi connectivity index (χ4n) is 4.32. The smallest absolute Gasteiger partial charge is 0.229 e. The summed E-state index contributed by atoms with van der Waals surface area (Å²) in [4.78, 5) is 26.4. The number of ether oxygens (including phenoxy) is 2. The van der Waals surface area contributed by atoms with Crippen molar-refractivity contribution in [3.63, 3.8) is 0 Å². The summed E-state index contributed by atoms with van der Waals surface area (Å²) < 4.78 is 11.3. The Balaban J connectivity index is 1.31. The Morgan fingerprint density at radius 1 is 1.11 bits per heavy atom. The largest absolute Gasteiger partial charge is 0.492 e. The van der Waals surface area contributed by atoms with E-state index in [1.54, 1.807) is 6.33 Å². The van der Waals surface area contributed by atoms with Crippen LogP contribution in [0.25, 0.3) is 0 Å². The Bertz CT molecular complexity index is 882. The predicted octanol–water partition coefficient (Wildman–Crippen LogP) is 1.45. The number of carbonyl (C=O) groups excluding carboxylic acids is 1. The van der Waals surface area contributed by atoms with Crippen LogP contribution in [-0.4, -0.2) is 60.2 Å². The van der Waals surface area contributed by atoms with Gasteiger partial charge in [-0.2, -0.15) is 0 Å². The zero-order chi connectivity index (χ0) is 18.9. The van der Waals surface area contributed by atoms with Crippen LogP contribution in [0.15, 0.2) is 30.6 Å². The molecule has 0 radical (unpaired) electrons. The molecule has 0 N–H and O–H groups in total. The number of carbonyl (C=O) groups is 1. The van der Waals surface area contributed by atoms with Crippen LogP contribution in [0.4, 0.5) is 5.82 Å². The van der Waals surface area contributed by atoms with E-state index in [0.29, 0.717) is 19.7 Å². The number of aromatic nitrogens is 2. The van der Waals surface area contributed by atoms with E-state index in [2.05, 4.69) is 14.9 Å². The van der Waals surface area contributed by atoms with Crippen molar-refractivity contribution in [1.82, 2.24) is 14.9 Å². The Labute approximate surface area is 164 Å². The Hall–Kier alpha value is -2.67. The first-order valence-corrected chi connectivity index (χ1v) is 9.94. The Morgan fingerprint density at radius 2 is 1.96 bits per heavy atom. The molecule has 2 aromatic rings. The lowest BCUT2D eigenvalue weighted by Crippen LogP contribution is -2.44. The maximum absolute atomic E-state index is 13.1. The molecule has 0 spiro atoms. The number of hydrogen-bond acceptors (Lipinski definition) is 6. The first-order chi connectivity index (χ1) is 13.8. The topological polar surface area (TPSA) is 67.8 Å². The number of hydrogen-bond donors (Lipinski definition) is 0. The van der Waals surface area contributed by atoms with Gasteiger partial charge in [-0.3, -0.25) is 4.79 Å². The highest BCUT2D eigenvalue weighted by Gasteiger charge is 2.33. The molecule has 1 fully saturated rings. The standard InChI is InChI=1S/C21H24N4O3/c26-21(16-11-15-3-1-2-4-19(15)28-13-16)25-6-5-17-18(12-25)22-14-23-20(17)24-7-9-27-10-8-24/h1-4,14,16H,5-13H2/t16-/m0/s1. The van der Waals surface area contributed by atoms with Gasteiger partial charge in [0.05, 0.1) is 31.4 Å². The molecule has 1 atom stereocenters. The quantitative estimate of drug-likeness (QED) is 0.786. The number of fused-ring (bicyclic) bond motifs is 2. The summed E-state index contributed by atoms with van der Waals surface area (Å²) in [6, 6.07) is 7.98. The maximum Gasteiger partial charge on any atom is 0.229 e. The van der Waals surface area contributed by atoms with E-state index in [9.17, 15) is 4.79 Å². The first kappa shape index (κ1) is 17.4. The third-order valence-electron chi connectivity index (χ3n) is 5.83. The van der Waals surface area contributed by atoms with Gasteiger partial charge in [-0.15, -0.1) is 0 Å². The van der Waals surface area contributed by atoms with Crippen molar-refractivity contribution in [2.75, 3.05) is 44.4 Å². The summed E-state index contributed by atoms with van der Waals surface area (Å²) in [6.45, 7) is 4.86. The molecule has 0 aliphatic carbocycles. The zero-order valence-corrected chi connectivity index (χ0v) is 15.8. The highest BCUT2D eigenvalue weighted by molar-refractivity contribution is 5.80. The Morgan fingerprint density at radius 3 is 2.86 bits per heavy atom. The Kier molecular flexibility index (Phi) is 4.60. The summed E-state index contributed by atoms with van der Waals surface area (Å²) in [5, 5.41) is 0. The number of amides is 1. The van der Waals surface area contributed by atoms with Crippen molar-refractivity contribution in [2.45, 2.75) is 19.4 Å². The SMILES string of the molecule is O=C([C@@H]1COc2ccccc2C1)N1CCc2c(ncnc2N2CCOCC2)C1. The number of anilines is 1. The monoisotopic (exact) mass is 380 g/mol. The third-order valence-corrected chi connectivity index (χ3v) is 5.83. The van der Waals surface area contributed by atoms with E-state index in [4.69, 9.17) is 9.47 Å². The average Bonchev–Trinajstić information content (AvgIpc) is 2.78. The van der Waals surface area contributed by atoms with Crippen LogP contribution in [-0.2, 0) is 28.9 Å². The first-order valence-electron chi connectivity index (χ1n) is 9.94. The van der Waals surface area contributed by atoms with Crippen LogP contribution in [0.1, 0.15) is 16.8 Å². The molecule has 146 valence electrons. The highest BCUT2D eigenvalue weighted by atomic mass is 16.5. The minimum Gasteiger partial charge on any atom is -0.492 e. The number of para-hydroxylation sites is 1. The molecular weight excluding hydrogens is 356 g/mol. The average molecular weight is 380 g/mol. The third kappa shape index (κ3) is 3.20. The van der Waals surface area contributed by atoms with Gasteiger partial charge < -0.3 is 19.3 Å². The van der Waals surface area contributed by atoms with Crippen molar-refractivity contribution in [1.29, 1.82) is 0 Å². The van der Waals surface area contributed by atoms with Gasteiger partial charge in [0.25, 0.3) is 0 Å². The normalized spacial score (nSPS) is 21.5. The zero-order valence-electron chi connectivity index (χ0n) is 15.8. The molecule has 0 saturated carbocycles.